The molecule has 0 radical (unpaired) electrons. The van der Waals surface area contributed by atoms with Crippen LogP contribution in [-0.2, 0) is 6.54 Å². The van der Waals surface area contributed by atoms with Crippen molar-refractivity contribution in [2.45, 2.75) is 72.3 Å². The van der Waals surface area contributed by atoms with E-state index in [4.69, 9.17) is 4.98 Å². The summed E-state index contributed by atoms with van der Waals surface area (Å²) in [7, 11) is 0. The van der Waals surface area contributed by atoms with E-state index in [9.17, 15) is 5.21 Å². The lowest BCUT2D eigenvalue weighted by Gasteiger charge is -2.40. The number of pyridine rings is 1. The third-order valence-corrected chi connectivity index (χ3v) is 7.64. The second-order valence-corrected chi connectivity index (χ2v) is 11.3. The van der Waals surface area contributed by atoms with Crippen molar-refractivity contribution < 1.29 is 0 Å². The summed E-state index contributed by atoms with van der Waals surface area (Å²) in [6, 6.07) is 18.4. The molecule has 0 spiro atoms. The number of tetrazole rings is 1. The Morgan fingerprint density at radius 1 is 0.950 bits per heavy atom. The molecular weight excluding hydrogens is 498 g/mol. The Hall–Kier alpha value is -3.88. The molecule has 1 N–H and O–H groups in total. The summed E-state index contributed by atoms with van der Waals surface area (Å²) in [6.07, 6.45) is 6.91. The van der Waals surface area contributed by atoms with E-state index >= 15 is 0 Å². The first kappa shape index (κ1) is 27.7. The van der Waals surface area contributed by atoms with Gasteiger partial charge in [-0.3, -0.25) is 9.63 Å². The van der Waals surface area contributed by atoms with Gasteiger partial charge in [0, 0.05) is 35.0 Å². The van der Waals surface area contributed by atoms with Crippen molar-refractivity contribution >= 4 is 5.69 Å². The molecule has 40 heavy (non-hydrogen) atoms. The average Bonchev–Trinajstić information content (AvgIpc) is 3.60. The molecular formula is C32H39N7O. The van der Waals surface area contributed by atoms with Crippen molar-refractivity contribution in [2.75, 3.05) is 6.67 Å². The number of nitrogens with one attached hydrogen (secondary N) is 1. The monoisotopic (exact) mass is 537 g/mol. The highest BCUT2D eigenvalue weighted by molar-refractivity contribution is 5.78. The zero-order valence-corrected chi connectivity index (χ0v) is 24.1. The van der Waals surface area contributed by atoms with Gasteiger partial charge in [0.2, 0.25) is 5.82 Å². The van der Waals surface area contributed by atoms with E-state index in [1.165, 1.54) is 0 Å². The third-order valence-electron chi connectivity index (χ3n) is 7.64. The molecule has 0 aliphatic carbocycles. The van der Waals surface area contributed by atoms with E-state index in [0.29, 0.717) is 19.0 Å². The summed E-state index contributed by atoms with van der Waals surface area (Å²) in [4.78, 5) is 7.06. The highest BCUT2D eigenvalue weighted by Crippen LogP contribution is 2.43. The predicted octanol–water partition coefficient (Wildman–Crippen LogP) is 7.49. The fourth-order valence-electron chi connectivity index (χ4n) is 5.60. The smallest absolute Gasteiger partial charge is 0.205 e. The maximum atomic E-state index is 14.7. The Bertz CT molecular complexity index is 1430. The summed E-state index contributed by atoms with van der Waals surface area (Å²) in [5.41, 5.74) is 8.04. The number of allylic oxidation sites excluding steroid dienone is 1. The normalized spacial score (nSPS) is 17.2. The Labute approximate surface area is 236 Å². The van der Waals surface area contributed by atoms with Crippen LogP contribution in [-0.4, -0.2) is 37.2 Å². The number of quaternary nitrogens is 1. The summed E-state index contributed by atoms with van der Waals surface area (Å²) in [6.45, 7) is 11.9. The minimum atomic E-state index is -0.440. The zero-order chi connectivity index (χ0) is 28.3. The largest absolute Gasteiger partial charge is 0.621 e. The zero-order valence-electron chi connectivity index (χ0n) is 24.1. The number of rotatable bonds is 10. The van der Waals surface area contributed by atoms with Crippen molar-refractivity contribution in [3.63, 3.8) is 0 Å². The maximum absolute atomic E-state index is 14.7. The Kier molecular flexibility index (Phi) is 8.09. The van der Waals surface area contributed by atoms with Crippen LogP contribution in [0.2, 0.25) is 0 Å². The van der Waals surface area contributed by atoms with Gasteiger partial charge in [0.15, 0.2) is 6.67 Å². The van der Waals surface area contributed by atoms with Crippen molar-refractivity contribution in [1.29, 1.82) is 0 Å². The van der Waals surface area contributed by atoms with Gasteiger partial charge in [0.25, 0.3) is 0 Å². The van der Waals surface area contributed by atoms with E-state index in [2.05, 4.69) is 84.4 Å². The Morgan fingerprint density at radius 2 is 1.68 bits per heavy atom. The van der Waals surface area contributed by atoms with E-state index in [0.717, 1.165) is 64.2 Å². The molecule has 0 bridgehead atoms. The van der Waals surface area contributed by atoms with Crippen LogP contribution in [0.1, 0.15) is 82.4 Å². The number of hydrogen-bond acceptors (Lipinski definition) is 6. The molecule has 1 aliphatic heterocycles. The van der Waals surface area contributed by atoms with Crippen molar-refractivity contribution in [2.24, 2.45) is 0 Å². The van der Waals surface area contributed by atoms with Crippen molar-refractivity contribution in [1.82, 2.24) is 35.2 Å². The number of nitrogens with zero attached hydrogens (tertiary/aromatic N) is 6. The van der Waals surface area contributed by atoms with Gasteiger partial charge in [-0.05, 0) is 41.5 Å². The minimum absolute atomic E-state index is 0.270. The summed E-state index contributed by atoms with van der Waals surface area (Å²) in [5.74, 6) is 1.08. The minimum Gasteiger partial charge on any atom is -0.621 e. The van der Waals surface area contributed by atoms with Gasteiger partial charge < -0.3 is 10.1 Å². The van der Waals surface area contributed by atoms with Crippen LogP contribution < -0.4 is 4.65 Å². The Morgan fingerprint density at radius 3 is 2.27 bits per heavy atom. The fourth-order valence-corrected chi connectivity index (χ4v) is 5.60. The molecule has 0 saturated heterocycles. The summed E-state index contributed by atoms with van der Waals surface area (Å²) >= 11 is 0. The number of aromatic nitrogens is 5. The van der Waals surface area contributed by atoms with E-state index in [1.54, 1.807) is 0 Å². The number of hydroxylamine groups is 2. The van der Waals surface area contributed by atoms with E-state index in [-0.39, 0.29) is 11.8 Å². The molecule has 2 aromatic heterocycles. The summed E-state index contributed by atoms with van der Waals surface area (Å²) < 4.78 is -0.440. The lowest BCUT2D eigenvalue weighted by atomic mass is 9.92. The van der Waals surface area contributed by atoms with Crippen LogP contribution in [0, 0.1) is 5.21 Å². The second kappa shape index (κ2) is 11.7. The molecule has 1 atom stereocenters. The molecule has 1 unspecified atom stereocenters. The number of benzene rings is 2. The second-order valence-electron chi connectivity index (χ2n) is 11.3. The molecule has 208 valence electrons. The SMILES string of the molecule is CCCCC1=C[N+]([O-])(c2c(C(C)C)cccc2C(C)C)CN1Cc1ccc(-c2ccccc2-c2nn[nH]n2)nc1. The molecule has 0 fully saturated rings. The first-order chi connectivity index (χ1) is 19.3. The first-order valence-corrected chi connectivity index (χ1v) is 14.3. The molecule has 3 heterocycles. The van der Waals surface area contributed by atoms with E-state index in [1.807, 2.05) is 42.7 Å². The molecule has 0 amide bonds. The van der Waals surface area contributed by atoms with Crippen molar-refractivity contribution in [3.05, 3.63) is 94.6 Å². The van der Waals surface area contributed by atoms with Gasteiger partial charge >= 0.3 is 0 Å². The number of hydrogen-bond donors (Lipinski definition) is 1. The van der Waals surface area contributed by atoms with Gasteiger partial charge in [-0.15, -0.1) is 10.2 Å². The number of unbranched alkanes of at least 4 members (excludes halogenated alkanes) is 1. The highest BCUT2D eigenvalue weighted by Gasteiger charge is 2.36. The van der Waals surface area contributed by atoms with Crippen molar-refractivity contribution in [3.8, 4) is 22.6 Å². The van der Waals surface area contributed by atoms with Gasteiger partial charge in [0.05, 0.1) is 11.4 Å². The molecule has 8 nitrogen and oxygen atoms in total. The van der Waals surface area contributed by atoms with E-state index < -0.39 is 4.65 Å². The van der Waals surface area contributed by atoms with Crippen LogP contribution in [0.25, 0.3) is 22.6 Å². The lowest BCUT2D eigenvalue weighted by molar-refractivity contribution is 0.281. The third kappa shape index (κ3) is 5.55. The molecule has 8 heteroatoms. The topological polar surface area (TPSA) is 93.7 Å². The molecule has 0 saturated carbocycles. The Balaban J connectivity index is 1.44. The number of aromatic amines is 1. The molecule has 4 aromatic rings. The van der Waals surface area contributed by atoms with Gasteiger partial charge in [-0.1, -0.05) is 89.6 Å². The molecule has 5 rings (SSSR count). The fraction of sp³-hybridized carbons (Fsp3) is 0.375. The quantitative estimate of drug-likeness (QED) is 0.166. The number of H-pyrrole nitrogens is 1. The standard InChI is InChI=1S/C32H39N7O/c1-6-7-11-25-20-39(40,31-26(22(2)3)14-10-15-27(31)23(4)5)21-38(25)19-24-16-17-30(33-18-24)28-12-8-9-13-29(28)32-34-36-37-35-32/h8-10,12-18,20,22-23H,6-7,11,19,21H2,1-5H3,(H,34,35,36,37). The average molecular weight is 538 g/mol. The summed E-state index contributed by atoms with van der Waals surface area (Å²) in [5, 5.41) is 29.2. The molecule has 2 aromatic carbocycles. The van der Waals surface area contributed by atoms with Crippen LogP contribution in [0.4, 0.5) is 5.69 Å². The van der Waals surface area contributed by atoms with Crippen LogP contribution >= 0.6 is 0 Å². The van der Waals surface area contributed by atoms with Crippen LogP contribution in [0.15, 0.2) is 72.7 Å². The van der Waals surface area contributed by atoms with Crippen LogP contribution in [0.5, 0.6) is 0 Å². The van der Waals surface area contributed by atoms with Gasteiger partial charge in [-0.2, -0.15) is 5.21 Å². The van der Waals surface area contributed by atoms with Crippen LogP contribution in [0.3, 0.4) is 0 Å². The van der Waals surface area contributed by atoms with Gasteiger partial charge in [-0.25, -0.2) is 0 Å². The molecule has 1 aliphatic rings. The maximum Gasteiger partial charge on any atom is 0.205 e. The lowest BCUT2D eigenvalue weighted by Crippen LogP contribution is -2.41. The first-order valence-electron chi connectivity index (χ1n) is 14.3. The van der Waals surface area contributed by atoms with Gasteiger partial charge in [0.1, 0.15) is 11.9 Å². The predicted molar refractivity (Wildman–Crippen MR) is 161 cm³/mol. The number of para-hydroxylation sites is 1. The highest BCUT2D eigenvalue weighted by atomic mass is 16.5.